The smallest absolute Gasteiger partial charge is 0.0178 e. The molecule has 1 atom stereocenters. The second-order valence-corrected chi connectivity index (χ2v) is 5.46. The van der Waals surface area contributed by atoms with E-state index >= 15 is 0 Å². The summed E-state index contributed by atoms with van der Waals surface area (Å²) in [5, 5.41) is 5.43. The zero-order chi connectivity index (χ0) is 11.5. The van der Waals surface area contributed by atoms with Crippen molar-refractivity contribution in [2.75, 3.05) is 0 Å². The predicted octanol–water partition coefficient (Wildman–Crippen LogP) is 3.47. The molecule has 3 aromatic carbocycles. The molecule has 0 bridgehead atoms. The molecule has 3 aromatic rings. The van der Waals surface area contributed by atoms with Crippen LogP contribution in [0, 0.1) is 0 Å². The van der Waals surface area contributed by atoms with Crippen molar-refractivity contribution in [3.8, 4) is 0 Å². The standard InChI is InChI=1S/C16H13P/c1-2-8-15(9-3-1)17-16-11-10-13-6-4-5-7-14(13)12-16/h1-12,17H. The highest BCUT2D eigenvalue weighted by Gasteiger charge is 1.97. The van der Waals surface area contributed by atoms with Crippen molar-refractivity contribution >= 4 is 30.0 Å². The van der Waals surface area contributed by atoms with Crippen LogP contribution in [0.4, 0.5) is 0 Å². The molecule has 0 heterocycles. The summed E-state index contributed by atoms with van der Waals surface area (Å²) in [6, 6.07) is 25.9. The molecule has 3 rings (SSSR count). The fourth-order valence-electron chi connectivity index (χ4n) is 1.96. The largest absolute Gasteiger partial charge is 0.0622 e. The molecule has 0 N–H and O–H groups in total. The monoisotopic (exact) mass is 236 g/mol. The van der Waals surface area contributed by atoms with Crippen LogP contribution in [0.3, 0.4) is 0 Å². The Labute approximate surface area is 103 Å². The lowest BCUT2D eigenvalue weighted by Gasteiger charge is -2.04. The summed E-state index contributed by atoms with van der Waals surface area (Å²) in [5.41, 5.74) is 0. The number of benzene rings is 3. The minimum atomic E-state index is 0.740. The van der Waals surface area contributed by atoms with Gasteiger partial charge in [0.05, 0.1) is 0 Å². The van der Waals surface area contributed by atoms with Crippen molar-refractivity contribution in [1.82, 2.24) is 0 Å². The average Bonchev–Trinajstić information content (AvgIpc) is 2.40. The molecule has 1 unspecified atom stereocenters. The van der Waals surface area contributed by atoms with E-state index in [1.54, 1.807) is 0 Å². The van der Waals surface area contributed by atoms with Gasteiger partial charge >= 0.3 is 0 Å². The van der Waals surface area contributed by atoms with E-state index < -0.39 is 0 Å². The molecule has 0 radical (unpaired) electrons. The van der Waals surface area contributed by atoms with E-state index in [-0.39, 0.29) is 0 Å². The summed E-state index contributed by atoms with van der Waals surface area (Å²) in [6.45, 7) is 0. The Balaban J connectivity index is 1.96. The highest BCUT2D eigenvalue weighted by atomic mass is 31.1. The Morgan fingerprint density at radius 2 is 1.24 bits per heavy atom. The Hall–Kier alpha value is -1.65. The van der Waals surface area contributed by atoms with Gasteiger partial charge in [-0.2, -0.15) is 0 Å². The van der Waals surface area contributed by atoms with E-state index in [2.05, 4.69) is 72.8 Å². The number of rotatable bonds is 2. The third-order valence-electron chi connectivity index (χ3n) is 2.81. The summed E-state index contributed by atoms with van der Waals surface area (Å²) in [6.07, 6.45) is 0. The lowest BCUT2D eigenvalue weighted by molar-refractivity contribution is 1.77. The normalized spacial score (nSPS) is 11.3. The lowest BCUT2D eigenvalue weighted by atomic mass is 10.1. The van der Waals surface area contributed by atoms with Gasteiger partial charge in [-0.05, 0) is 27.4 Å². The van der Waals surface area contributed by atoms with Crippen molar-refractivity contribution in [3.05, 3.63) is 72.8 Å². The molecule has 0 aliphatic rings. The van der Waals surface area contributed by atoms with E-state index in [9.17, 15) is 0 Å². The van der Waals surface area contributed by atoms with Crippen LogP contribution in [0.1, 0.15) is 0 Å². The topological polar surface area (TPSA) is 0 Å². The number of hydrogen-bond acceptors (Lipinski definition) is 0. The minimum absolute atomic E-state index is 0.740. The van der Waals surface area contributed by atoms with Gasteiger partial charge in [0, 0.05) is 0 Å². The zero-order valence-electron chi connectivity index (χ0n) is 9.43. The van der Waals surface area contributed by atoms with Gasteiger partial charge in [0.25, 0.3) is 0 Å². The van der Waals surface area contributed by atoms with Gasteiger partial charge in [0.1, 0.15) is 0 Å². The molecular weight excluding hydrogens is 223 g/mol. The van der Waals surface area contributed by atoms with Crippen LogP contribution in [-0.2, 0) is 0 Å². The Morgan fingerprint density at radius 1 is 0.529 bits per heavy atom. The predicted molar refractivity (Wildman–Crippen MR) is 78.0 cm³/mol. The fourth-order valence-corrected chi connectivity index (χ4v) is 3.04. The molecule has 0 aliphatic carbocycles. The van der Waals surface area contributed by atoms with E-state index in [1.807, 2.05) is 0 Å². The molecule has 17 heavy (non-hydrogen) atoms. The van der Waals surface area contributed by atoms with Crippen molar-refractivity contribution in [3.63, 3.8) is 0 Å². The summed E-state index contributed by atoms with van der Waals surface area (Å²) in [7, 11) is 0.740. The quantitative estimate of drug-likeness (QED) is 0.598. The maximum absolute atomic E-state index is 2.29. The van der Waals surface area contributed by atoms with Gasteiger partial charge in [-0.1, -0.05) is 75.3 Å². The first-order chi connectivity index (χ1) is 8.42. The third kappa shape index (κ3) is 2.38. The van der Waals surface area contributed by atoms with Crippen molar-refractivity contribution in [2.24, 2.45) is 0 Å². The Morgan fingerprint density at radius 3 is 2.06 bits per heavy atom. The molecule has 0 amide bonds. The molecule has 1 heteroatoms. The van der Waals surface area contributed by atoms with E-state index in [1.165, 1.54) is 21.4 Å². The number of fused-ring (bicyclic) bond motifs is 1. The summed E-state index contributed by atoms with van der Waals surface area (Å²) >= 11 is 0. The molecule has 82 valence electrons. The maximum Gasteiger partial charge on any atom is -0.0178 e. The summed E-state index contributed by atoms with van der Waals surface area (Å²) in [5.74, 6) is 0. The number of hydrogen-bond donors (Lipinski definition) is 0. The van der Waals surface area contributed by atoms with Gasteiger partial charge in [-0.3, -0.25) is 0 Å². The van der Waals surface area contributed by atoms with Crippen LogP contribution >= 0.6 is 8.58 Å². The third-order valence-corrected chi connectivity index (χ3v) is 4.03. The van der Waals surface area contributed by atoms with Crippen molar-refractivity contribution in [1.29, 1.82) is 0 Å². The first kappa shape index (κ1) is 10.5. The first-order valence-corrected chi connectivity index (χ1v) is 6.73. The van der Waals surface area contributed by atoms with Gasteiger partial charge in [0.15, 0.2) is 0 Å². The summed E-state index contributed by atoms with van der Waals surface area (Å²) in [4.78, 5) is 0. The van der Waals surface area contributed by atoms with Crippen molar-refractivity contribution in [2.45, 2.75) is 0 Å². The molecule has 0 spiro atoms. The highest BCUT2D eigenvalue weighted by molar-refractivity contribution is 7.55. The van der Waals surface area contributed by atoms with E-state index in [0.717, 1.165) is 8.58 Å². The van der Waals surface area contributed by atoms with Gasteiger partial charge in [-0.15, -0.1) is 0 Å². The molecule has 0 nitrogen and oxygen atoms in total. The van der Waals surface area contributed by atoms with Crippen LogP contribution in [-0.4, -0.2) is 0 Å². The van der Waals surface area contributed by atoms with E-state index in [4.69, 9.17) is 0 Å². The zero-order valence-corrected chi connectivity index (χ0v) is 10.4. The molecule has 0 aromatic heterocycles. The second kappa shape index (κ2) is 4.69. The Bertz CT molecular complexity index is 629. The van der Waals surface area contributed by atoms with E-state index in [0.29, 0.717) is 0 Å². The van der Waals surface area contributed by atoms with Gasteiger partial charge < -0.3 is 0 Å². The second-order valence-electron chi connectivity index (χ2n) is 4.05. The Kier molecular flexibility index (Phi) is 2.90. The first-order valence-electron chi connectivity index (χ1n) is 5.73. The maximum atomic E-state index is 2.29. The van der Waals surface area contributed by atoms with Crippen LogP contribution in [0.25, 0.3) is 10.8 Å². The average molecular weight is 236 g/mol. The van der Waals surface area contributed by atoms with Crippen LogP contribution in [0.15, 0.2) is 72.8 Å². The van der Waals surface area contributed by atoms with Crippen LogP contribution < -0.4 is 10.6 Å². The molecule has 0 saturated heterocycles. The lowest BCUT2D eigenvalue weighted by Crippen LogP contribution is -2.02. The summed E-state index contributed by atoms with van der Waals surface area (Å²) < 4.78 is 0. The minimum Gasteiger partial charge on any atom is -0.0622 e. The molecule has 0 aliphatic heterocycles. The molecular formula is C16H13P. The highest BCUT2D eigenvalue weighted by Crippen LogP contribution is 2.16. The van der Waals surface area contributed by atoms with Gasteiger partial charge in [-0.25, -0.2) is 0 Å². The molecule has 0 saturated carbocycles. The van der Waals surface area contributed by atoms with Crippen molar-refractivity contribution < 1.29 is 0 Å². The molecule has 0 fully saturated rings. The SMILES string of the molecule is c1ccc(Pc2ccc3ccccc3c2)cc1. The van der Waals surface area contributed by atoms with Crippen LogP contribution in [0.2, 0.25) is 0 Å². The van der Waals surface area contributed by atoms with Crippen LogP contribution in [0.5, 0.6) is 0 Å². The van der Waals surface area contributed by atoms with Gasteiger partial charge in [0.2, 0.25) is 0 Å². The fraction of sp³-hybridized carbons (Fsp3) is 0.